The van der Waals surface area contributed by atoms with Crippen LogP contribution in [0.3, 0.4) is 0 Å². The molecule has 1 aliphatic rings. The van der Waals surface area contributed by atoms with Gasteiger partial charge in [0.05, 0.1) is 13.7 Å². The van der Waals surface area contributed by atoms with E-state index in [1.807, 2.05) is 95.4 Å². The molecule has 1 heterocycles. The van der Waals surface area contributed by atoms with Crippen LogP contribution < -0.4 is 9.47 Å². The van der Waals surface area contributed by atoms with Crippen molar-refractivity contribution in [2.24, 2.45) is 11.8 Å². The average molecular weight is 826 g/mol. The molecule has 3 nitrogen and oxygen atoms in total. The molecule has 0 bridgehead atoms. The molecule has 3 heteroatoms. The minimum atomic E-state index is 0.739. The highest BCUT2D eigenvalue weighted by Gasteiger charge is 2.15. The van der Waals surface area contributed by atoms with Crippen LogP contribution in [0.25, 0.3) is 0 Å². The van der Waals surface area contributed by atoms with Gasteiger partial charge in [-0.3, -0.25) is 4.98 Å². The van der Waals surface area contributed by atoms with E-state index >= 15 is 0 Å². The number of nitrogens with zero attached hydrogens (tertiary/aromatic N) is 1. The van der Waals surface area contributed by atoms with Crippen molar-refractivity contribution in [3.05, 3.63) is 125 Å². The molecular formula is C57H95NO2. The van der Waals surface area contributed by atoms with Crippen LogP contribution in [-0.2, 0) is 6.42 Å². The van der Waals surface area contributed by atoms with Crippen LogP contribution in [0.15, 0.2) is 91.1 Å². The summed E-state index contributed by atoms with van der Waals surface area (Å²) in [6, 6.07) is 28.7. The molecule has 1 fully saturated rings. The van der Waals surface area contributed by atoms with E-state index in [4.69, 9.17) is 9.47 Å². The first-order valence-corrected chi connectivity index (χ1v) is 23.4. The summed E-state index contributed by atoms with van der Waals surface area (Å²) in [6.45, 7) is 36.6. The third-order valence-electron chi connectivity index (χ3n) is 8.74. The number of hydrogen-bond donors (Lipinski definition) is 0. The van der Waals surface area contributed by atoms with Crippen LogP contribution in [0.4, 0.5) is 0 Å². The molecule has 0 N–H and O–H groups in total. The van der Waals surface area contributed by atoms with Gasteiger partial charge in [0, 0.05) is 18.3 Å². The van der Waals surface area contributed by atoms with Crippen molar-refractivity contribution in [3.63, 3.8) is 0 Å². The zero-order chi connectivity index (χ0) is 46.4. The van der Waals surface area contributed by atoms with E-state index in [1.165, 1.54) is 85.6 Å². The molecule has 1 aliphatic carbocycles. The fourth-order valence-electron chi connectivity index (χ4n) is 4.76. The Bertz CT molecular complexity index is 1380. The summed E-state index contributed by atoms with van der Waals surface area (Å²) in [5.41, 5.74) is 7.58. The van der Waals surface area contributed by atoms with Crippen LogP contribution in [0, 0.1) is 58.3 Å². The van der Waals surface area contributed by atoms with Crippen LogP contribution in [0.2, 0.25) is 0 Å². The van der Waals surface area contributed by atoms with E-state index in [0.717, 1.165) is 48.5 Å². The molecule has 0 unspecified atom stereocenters. The van der Waals surface area contributed by atoms with Gasteiger partial charge < -0.3 is 9.47 Å². The number of aryl methyl sites for hydroxylation is 6. The van der Waals surface area contributed by atoms with Crippen molar-refractivity contribution >= 4 is 0 Å². The van der Waals surface area contributed by atoms with E-state index in [9.17, 15) is 0 Å². The Kier molecular flexibility index (Phi) is 49.7. The molecule has 1 saturated carbocycles. The molecule has 0 saturated heterocycles. The summed E-state index contributed by atoms with van der Waals surface area (Å²) in [5, 5.41) is 0. The average Bonchev–Trinajstić information content (AvgIpc) is 3.26. The Morgan fingerprint density at radius 3 is 1.27 bits per heavy atom. The topological polar surface area (TPSA) is 31.4 Å². The van der Waals surface area contributed by atoms with Gasteiger partial charge in [-0.25, -0.2) is 0 Å². The van der Waals surface area contributed by atoms with Crippen molar-refractivity contribution in [3.8, 4) is 23.3 Å². The maximum absolute atomic E-state index is 5.26. The molecule has 5 rings (SSSR count). The molecule has 4 aromatic rings. The summed E-state index contributed by atoms with van der Waals surface area (Å²) in [6.07, 6.45) is 16.5. The summed E-state index contributed by atoms with van der Waals surface area (Å²) < 4.78 is 10.2. The van der Waals surface area contributed by atoms with Gasteiger partial charge in [0.1, 0.15) is 11.5 Å². The Morgan fingerprint density at radius 2 is 0.983 bits per heavy atom. The Balaban J connectivity index is -0.000000302. The predicted molar refractivity (Wildman–Crippen MR) is 272 cm³/mol. The lowest BCUT2D eigenvalue weighted by atomic mass is 9.82. The second kappa shape index (κ2) is 47.6. The van der Waals surface area contributed by atoms with Gasteiger partial charge in [-0.2, -0.15) is 0 Å². The SMILES string of the molecule is CC#CCC.CCC.CCC.CCC1CCC(C)CC1.CCCC.CCOc1ccc(C)cc1.CCc1ccc(C)cc1.COc1ccc(C)cc1.Cc1ccc(C)nc1. The monoisotopic (exact) mass is 826 g/mol. The summed E-state index contributed by atoms with van der Waals surface area (Å²) >= 11 is 0. The fraction of sp³-hybridized carbons (Fsp3) is 0.561. The third-order valence-corrected chi connectivity index (χ3v) is 8.74. The van der Waals surface area contributed by atoms with Crippen LogP contribution in [0.1, 0.15) is 181 Å². The molecule has 0 atom stereocenters. The number of aromatic nitrogens is 1. The smallest absolute Gasteiger partial charge is 0.119 e. The van der Waals surface area contributed by atoms with E-state index < -0.39 is 0 Å². The van der Waals surface area contributed by atoms with E-state index in [2.05, 4.69) is 130 Å². The van der Waals surface area contributed by atoms with Crippen molar-refractivity contribution in [2.45, 2.75) is 188 Å². The normalized spacial score (nSPS) is 12.6. The maximum Gasteiger partial charge on any atom is 0.119 e. The maximum atomic E-state index is 5.26. The van der Waals surface area contributed by atoms with Gasteiger partial charge >= 0.3 is 0 Å². The van der Waals surface area contributed by atoms with Crippen molar-refractivity contribution in [1.82, 2.24) is 4.98 Å². The van der Waals surface area contributed by atoms with E-state index in [-0.39, 0.29) is 0 Å². The number of benzene rings is 3. The number of hydrogen-bond acceptors (Lipinski definition) is 3. The highest BCUT2D eigenvalue weighted by molar-refractivity contribution is 5.27. The standard InChI is InChI=1S/C9H12O.C9H18.C9H12.C8H10O.C7H9N.C5H8.C4H10.2C3H8/c1-3-10-9-6-4-8(2)5-7-9;2*1-3-9-6-4-8(2)5-7-9;1-7-3-5-8(9-2)6-4-7;1-6-3-4-7(2)8-5-6;1-3-5-4-2;1-3-4-2;2*1-3-2/h4-7H,3H2,1-2H3;8-9H,3-7H2,1-2H3;4-7H,3H2,1-2H3;3-6H,1-2H3;3-5H,1-2H3;3H2,1-2H3;3-4H2,1-2H3;2*3H2,1-2H3. The quantitative estimate of drug-likeness (QED) is 0.182. The first-order valence-electron chi connectivity index (χ1n) is 23.4. The van der Waals surface area contributed by atoms with Crippen molar-refractivity contribution < 1.29 is 9.47 Å². The lowest BCUT2D eigenvalue weighted by Crippen LogP contribution is -2.10. The summed E-state index contributed by atoms with van der Waals surface area (Å²) in [4.78, 5) is 4.08. The van der Waals surface area contributed by atoms with Crippen molar-refractivity contribution in [1.29, 1.82) is 0 Å². The van der Waals surface area contributed by atoms with Crippen LogP contribution in [0.5, 0.6) is 11.5 Å². The minimum absolute atomic E-state index is 0.739. The first-order chi connectivity index (χ1) is 28.7. The molecule has 0 radical (unpaired) electrons. The Labute approximate surface area is 374 Å². The molecule has 1 aromatic heterocycles. The van der Waals surface area contributed by atoms with Crippen LogP contribution in [-0.4, -0.2) is 18.7 Å². The van der Waals surface area contributed by atoms with Gasteiger partial charge in [0.15, 0.2) is 0 Å². The van der Waals surface area contributed by atoms with Crippen LogP contribution >= 0.6 is 0 Å². The summed E-state index contributed by atoms with van der Waals surface area (Å²) in [7, 11) is 1.67. The number of rotatable bonds is 6. The van der Waals surface area contributed by atoms with Gasteiger partial charge in [-0.05, 0) is 108 Å². The molecule has 0 spiro atoms. The minimum Gasteiger partial charge on any atom is -0.497 e. The first kappa shape index (κ1) is 62.6. The van der Waals surface area contributed by atoms with Gasteiger partial charge in [-0.15, -0.1) is 11.8 Å². The number of unbranched alkanes of at least 4 members (excludes halogenated alkanes) is 1. The van der Waals surface area contributed by atoms with E-state index in [0.29, 0.717) is 0 Å². The van der Waals surface area contributed by atoms with E-state index in [1.54, 1.807) is 7.11 Å². The number of ether oxygens (including phenoxy) is 2. The predicted octanol–water partition coefficient (Wildman–Crippen LogP) is 17.9. The van der Waals surface area contributed by atoms with Crippen molar-refractivity contribution in [2.75, 3.05) is 13.7 Å². The zero-order valence-electron chi connectivity index (χ0n) is 42.6. The Hall–Kier alpha value is -4.03. The van der Waals surface area contributed by atoms with Gasteiger partial charge in [0.25, 0.3) is 0 Å². The molecule has 0 aliphatic heterocycles. The Morgan fingerprint density at radius 1 is 0.567 bits per heavy atom. The molecule has 340 valence electrons. The number of methoxy groups -OCH3 is 1. The number of pyridine rings is 1. The van der Waals surface area contributed by atoms with Gasteiger partial charge in [0.2, 0.25) is 0 Å². The molecule has 0 amide bonds. The zero-order valence-corrected chi connectivity index (χ0v) is 42.6. The molecule has 3 aromatic carbocycles. The molecular weight excluding hydrogens is 731 g/mol. The third kappa shape index (κ3) is 45.1. The molecule has 60 heavy (non-hydrogen) atoms. The highest BCUT2D eigenvalue weighted by Crippen LogP contribution is 2.29. The fourth-order valence-corrected chi connectivity index (χ4v) is 4.76. The highest BCUT2D eigenvalue weighted by atomic mass is 16.5. The summed E-state index contributed by atoms with van der Waals surface area (Å²) in [5.74, 6) is 9.59. The lowest BCUT2D eigenvalue weighted by molar-refractivity contribution is 0.284. The second-order valence-corrected chi connectivity index (χ2v) is 15.3. The second-order valence-electron chi connectivity index (χ2n) is 15.3. The lowest BCUT2D eigenvalue weighted by Gasteiger charge is -2.24. The van der Waals surface area contributed by atoms with Gasteiger partial charge in [-0.1, -0.05) is 198 Å². The largest absolute Gasteiger partial charge is 0.497 e.